The van der Waals surface area contributed by atoms with E-state index in [1.54, 1.807) is 7.05 Å². The van der Waals surface area contributed by atoms with E-state index < -0.39 is 10.0 Å². The zero-order valence-electron chi connectivity index (χ0n) is 22.4. The first-order valence-electron chi connectivity index (χ1n) is 13.6. The summed E-state index contributed by atoms with van der Waals surface area (Å²) < 4.78 is 25.2. The fourth-order valence-electron chi connectivity index (χ4n) is 6.30. The van der Waals surface area contributed by atoms with Gasteiger partial charge in [0.25, 0.3) is 5.91 Å². The van der Waals surface area contributed by atoms with Crippen molar-refractivity contribution >= 4 is 21.7 Å². The Morgan fingerprint density at radius 1 is 1.08 bits per heavy atom. The van der Waals surface area contributed by atoms with Crippen LogP contribution in [0, 0.1) is 18.8 Å². The molecule has 2 saturated heterocycles. The first-order valence-corrected chi connectivity index (χ1v) is 15.5. The van der Waals surface area contributed by atoms with Crippen molar-refractivity contribution in [2.75, 3.05) is 51.3 Å². The molecule has 1 aromatic heterocycles. The van der Waals surface area contributed by atoms with E-state index in [9.17, 15) is 13.2 Å². The highest BCUT2D eigenvalue weighted by molar-refractivity contribution is 7.88. The molecule has 2 unspecified atom stereocenters. The highest BCUT2D eigenvalue weighted by Crippen LogP contribution is 2.29. The molecular weight excluding hydrogens is 476 g/mol. The normalized spacial score (nSPS) is 25.3. The van der Waals surface area contributed by atoms with Gasteiger partial charge in [-0.15, -0.1) is 0 Å². The van der Waals surface area contributed by atoms with Gasteiger partial charge in [-0.1, -0.05) is 19.8 Å². The Hall–Kier alpha value is -1.78. The number of rotatable bonds is 7. The molecule has 0 radical (unpaired) electrons. The number of sulfonamides is 1. The molecule has 1 aliphatic carbocycles. The summed E-state index contributed by atoms with van der Waals surface area (Å²) in [5, 5.41) is 3.50. The molecule has 0 bridgehead atoms. The van der Waals surface area contributed by atoms with Crippen LogP contribution in [-0.4, -0.2) is 96.5 Å². The van der Waals surface area contributed by atoms with Crippen molar-refractivity contribution in [1.29, 1.82) is 0 Å². The Kier molecular flexibility index (Phi) is 8.88. The van der Waals surface area contributed by atoms with Crippen molar-refractivity contribution in [3.8, 4) is 0 Å². The molecule has 0 aromatic carbocycles. The number of aromatic nitrogens is 2. The standard InChI is InChI=1S/C26H44N6O3S/c1-19-6-5-7-21(16-19)17-27-25-20(2)24(28-18-29-25)26(33)32-14-10-23(11-15-32)31-12-8-22(9-13-31)30(3)36(4,34)35/h18-19,21-23H,5-17H2,1-4H3,(H,27,28,29). The first-order chi connectivity index (χ1) is 17.1. The number of carbonyl (C=O) groups is 1. The fourth-order valence-corrected chi connectivity index (χ4v) is 7.05. The average molecular weight is 521 g/mol. The summed E-state index contributed by atoms with van der Waals surface area (Å²) >= 11 is 0. The molecule has 9 nitrogen and oxygen atoms in total. The lowest BCUT2D eigenvalue weighted by Crippen LogP contribution is -2.52. The van der Waals surface area contributed by atoms with Crippen LogP contribution in [0.5, 0.6) is 0 Å². The molecule has 1 amide bonds. The van der Waals surface area contributed by atoms with E-state index in [1.807, 2.05) is 11.8 Å². The minimum atomic E-state index is -3.15. The Bertz CT molecular complexity index is 1000. The zero-order valence-corrected chi connectivity index (χ0v) is 23.3. The van der Waals surface area contributed by atoms with Gasteiger partial charge >= 0.3 is 0 Å². The van der Waals surface area contributed by atoms with Crippen molar-refractivity contribution in [2.24, 2.45) is 11.8 Å². The Morgan fingerprint density at radius 2 is 1.78 bits per heavy atom. The third-order valence-electron chi connectivity index (χ3n) is 8.69. The van der Waals surface area contributed by atoms with Gasteiger partial charge in [0, 0.05) is 44.3 Å². The quantitative estimate of drug-likeness (QED) is 0.590. The predicted octanol–water partition coefficient (Wildman–Crippen LogP) is 2.98. The van der Waals surface area contributed by atoms with Gasteiger partial charge in [0.1, 0.15) is 17.8 Å². The van der Waals surface area contributed by atoms with Crippen LogP contribution in [0.2, 0.25) is 0 Å². The van der Waals surface area contributed by atoms with Crippen molar-refractivity contribution in [3.63, 3.8) is 0 Å². The minimum Gasteiger partial charge on any atom is -0.369 e. The number of hydrogen-bond acceptors (Lipinski definition) is 7. The summed E-state index contributed by atoms with van der Waals surface area (Å²) in [5.41, 5.74) is 1.35. The van der Waals surface area contributed by atoms with E-state index in [0.717, 1.165) is 75.7 Å². The SMILES string of the molecule is Cc1c(NCC2CCCC(C)C2)ncnc1C(=O)N1CCC(N2CCC(N(C)S(C)(=O)=O)CC2)CC1. The molecule has 0 spiro atoms. The maximum absolute atomic E-state index is 13.3. The molecule has 3 heterocycles. The first kappa shape index (κ1) is 27.3. The van der Waals surface area contributed by atoms with Crippen molar-refractivity contribution < 1.29 is 13.2 Å². The van der Waals surface area contributed by atoms with E-state index in [0.29, 0.717) is 17.7 Å². The number of carbonyl (C=O) groups excluding carboxylic acids is 1. The predicted molar refractivity (Wildman–Crippen MR) is 143 cm³/mol. The van der Waals surface area contributed by atoms with Crippen LogP contribution in [0.3, 0.4) is 0 Å². The molecule has 2 aliphatic heterocycles. The third kappa shape index (κ3) is 6.55. The molecule has 3 fully saturated rings. The second-order valence-corrected chi connectivity index (χ2v) is 13.3. The number of likely N-dealkylation sites (tertiary alicyclic amines) is 2. The average Bonchev–Trinajstić information content (AvgIpc) is 2.87. The van der Waals surface area contributed by atoms with E-state index in [2.05, 4.69) is 27.1 Å². The molecule has 4 rings (SSSR count). The summed E-state index contributed by atoms with van der Waals surface area (Å²) in [6.45, 7) is 8.44. The Morgan fingerprint density at radius 3 is 2.42 bits per heavy atom. The lowest BCUT2D eigenvalue weighted by molar-refractivity contribution is 0.0542. The maximum atomic E-state index is 13.3. The van der Waals surface area contributed by atoms with Gasteiger partial charge < -0.3 is 15.1 Å². The second kappa shape index (κ2) is 11.7. The van der Waals surface area contributed by atoms with Gasteiger partial charge in [-0.3, -0.25) is 4.79 Å². The van der Waals surface area contributed by atoms with Gasteiger partial charge in [-0.05, 0) is 70.4 Å². The largest absolute Gasteiger partial charge is 0.369 e. The van der Waals surface area contributed by atoms with E-state index in [-0.39, 0.29) is 11.9 Å². The summed E-state index contributed by atoms with van der Waals surface area (Å²) in [5.74, 6) is 2.23. The molecule has 3 aliphatic rings. The minimum absolute atomic E-state index is 0.00354. The highest BCUT2D eigenvalue weighted by Gasteiger charge is 2.33. The molecule has 36 heavy (non-hydrogen) atoms. The monoisotopic (exact) mass is 520 g/mol. The molecule has 1 aromatic rings. The lowest BCUT2D eigenvalue weighted by atomic mass is 9.82. The second-order valence-electron chi connectivity index (χ2n) is 11.3. The topological polar surface area (TPSA) is 98.7 Å². The number of nitrogens with zero attached hydrogens (tertiary/aromatic N) is 5. The smallest absolute Gasteiger partial charge is 0.272 e. The van der Waals surface area contributed by atoms with Gasteiger partial charge in [-0.25, -0.2) is 22.7 Å². The number of piperidine rings is 2. The summed E-state index contributed by atoms with van der Waals surface area (Å²) in [4.78, 5) is 26.6. The summed E-state index contributed by atoms with van der Waals surface area (Å²) in [6, 6.07) is 0.531. The van der Waals surface area contributed by atoms with Crippen molar-refractivity contribution in [2.45, 2.75) is 77.3 Å². The van der Waals surface area contributed by atoms with Crippen LogP contribution >= 0.6 is 0 Å². The Balaban J connectivity index is 1.28. The third-order valence-corrected chi connectivity index (χ3v) is 10.0. The maximum Gasteiger partial charge on any atom is 0.272 e. The zero-order chi connectivity index (χ0) is 25.9. The van der Waals surface area contributed by atoms with Crippen molar-refractivity contribution in [1.82, 2.24) is 24.1 Å². The van der Waals surface area contributed by atoms with Crippen LogP contribution in [0.4, 0.5) is 5.82 Å². The molecule has 1 saturated carbocycles. The van der Waals surface area contributed by atoms with Crippen LogP contribution < -0.4 is 5.32 Å². The number of hydrogen-bond donors (Lipinski definition) is 1. The van der Waals surface area contributed by atoms with Gasteiger partial charge in [0.2, 0.25) is 10.0 Å². The van der Waals surface area contributed by atoms with Crippen LogP contribution in [0.25, 0.3) is 0 Å². The van der Waals surface area contributed by atoms with Crippen LogP contribution in [0.1, 0.15) is 74.3 Å². The van der Waals surface area contributed by atoms with E-state index >= 15 is 0 Å². The van der Waals surface area contributed by atoms with Crippen molar-refractivity contribution in [3.05, 3.63) is 17.6 Å². The molecular formula is C26H44N6O3S. The summed E-state index contributed by atoms with van der Waals surface area (Å²) in [7, 11) is -1.46. The number of nitrogens with one attached hydrogen (secondary N) is 1. The number of anilines is 1. The van der Waals surface area contributed by atoms with Gasteiger partial charge in [0.05, 0.1) is 6.26 Å². The highest BCUT2D eigenvalue weighted by atomic mass is 32.2. The molecule has 1 N–H and O–H groups in total. The van der Waals surface area contributed by atoms with E-state index in [4.69, 9.17) is 0 Å². The van der Waals surface area contributed by atoms with Gasteiger partial charge in [-0.2, -0.15) is 0 Å². The molecule has 2 atom stereocenters. The Labute approximate surface area is 217 Å². The molecule has 202 valence electrons. The molecule has 10 heteroatoms. The lowest BCUT2D eigenvalue weighted by Gasteiger charge is -2.43. The fraction of sp³-hybridized carbons (Fsp3) is 0.808. The van der Waals surface area contributed by atoms with Crippen LogP contribution in [0.15, 0.2) is 6.33 Å². The van der Waals surface area contributed by atoms with Crippen LogP contribution in [-0.2, 0) is 10.0 Å². The summed E-state index contributed by atoms with van der Waals surface area (Å²) in [6.07, 6.45) is 11.5. The van der Waals surface area contributed by atoms with E-state index in [1.165, 1.54) is 42.6 Å². The van der Waals surface area contributed by atoms with Gasteiger partial charge in [0.15, 0.2) is 0 Å². The number of amides is 1.